The normalized spacial score (nSPS) is 14.1. The van der Waals surface area contributed by atoms with Crippen LogP contribution in [-0.4, -0.2) is 26.1 Å². The van der Waals surface area contributed by atoms with Crippen molar-refractivity contribution in [2.45, 2.75) is 26.7 Å². The van der Waals surface area contributed by atoms with Gasteiger partial charge in [0.15, 0.2) is 0 Å². The van der Waals surface area contributed by atoms with Crippen LogP contribution in [0.15, 0.2) is 30.3 Å². The second-order valence-electron chi connectivity index (χ2n) is 6.93. The van der Waals surface area contributed by atoms with Gasteiger partial charge in [0, 0.05) is 18.3 Å². The van der Waals surface area contributed by atoms with E-state index in [0.717, 1.165) is 24.6 Å². The van der Waals surface area contributed by atoms with Crippen molar-refractivity contribution in [2.24, 2.45) is 0 Å². The standard InChI is InChI=1S/C20H17F2N5/c1-11-5-3-7-16-14(11)6-4-8-26(16)19-18-15(22)9-13(21)10-17(18)27-12(2)24-25-20(27)23-19/h3,5,7,9-10H,4,6,8H2,1-2H3. The van der Waals surface area contributed by atoms with Crippen molar-refractivity contribution in [2.75, 3.05) is 11.4 Å². The Bertz CT molecular complexity index is 1210. The van der Waals surface area contributed by atoms with Crippen LogP contribution in [0, 0.1) is 25.5 Å². The lowest BCUT2D eigenvalue weighted by Crippen LogP contribution is -2.26. The molecule has 0 aliphatic carbocycles. The zero-order chi connectivity index (χ0) is 18.7. The van der Waals surface area contributed by atoms with Crippen LogP contribution in [-0.2, 0) is 6.42 Å². The molecule has 1 aliphatic rings. The van der Waals surface area contributed by atoms with Crippen LogP contribution < -0.4 is 4.90 Å². The average molecular weight is 365 g/mol. The van der Waals surface area contributed by atoms with Crippen molar-refractivity contribution < 1.29 is 8.78 Å². The van der Waals surface area contributed by atoms with Gasteiger partial charge in [0.05, 0.1) is 10.9 Å². The van der Waals surface area contributed by atoms with E-state index in [2.05, 4.69) is 28.2 Å². The Morgan fingerprint density at radius 1 is 1.07 bits per heavy atom. The molecule has 0 amide bonds. The van der Waals surface area contributed by atoms with Crippen molar-refractivity contribution in [1.29, 1.82) is 0 Å². The molecule has 7 heteroatoms. The average Bonchev–Trinajstić information content (AvgIpc) is 3.02. The van der Waals surface area contributed by atoms with E-state index in [-0.39, 0.29) is 5.39 Å². The van der Waals surface area contributed by atoms with Gasteiger partial charge in [-0.25, -0.2) is 8.78 Å². The van der Waals surface area contributed by atoms with Gasteiger partial charge >= 0.3 is 0 Å². The first-order chi connectivity index (χ1) is 13.0. The first-order valence-corrected chi connectivity index (χ1v) is 8.91. The van der Waals surface area contributed by atoms with E-state index in [0.29, 0.717) is 29.5 Å². The molecule has 0 atom stereocenters. The molecule has 0 fully saturated rings. The topological polar surface area (TPSA) is 46.3 Å². The maximum absolute atomic E-state index is 14.9. The fourth-order valence-electron chi connectivity index (χ4n) is 4.03. The smallest absolute Gasteiger partial charge is 0.257 e. The van der Waals surface area contributed by atoms with Crippen molar-refractivity contribution in [3.63, 3.8) is 0 Å². The van der Waals surface area contributed by atoms with E-state index in [1.54, 1.807) is 11.3 Å². The van der Waals surface area contributed by atoms with Crippen LogP contribution in [0.4, 0.5) is 20.3 Å². The summed E-state index contributed by atoms with van der Waals surface area (Å²) in [5.74, 6) is 0.0476. The molecule has 0 unspecified atom stereocenters. The van der Waals surface area contributed by atoms with E-state index < -0.39 is 11.6 Å². The third kappa shape index (κ3) is 2.31. The highest BCUT2D eigenvalue weighted by Crippen LogP contribution is 2.38. The van der Waals surface area contributed by atoms with E-state index in [4.69, 9.17) is 0 Å². The second kappa shape index (κ2) is 5.70. The third-order valence-electron chi connectivity index (χ3n) is 5.25. The number of rotatable bonds is 1. The lowest BCUT2D eigenvalue weighted by atomic mass is 9.97. The number of fused-ring (bicyclic) bond motifs is 4. The number of anilines is 2. The number of nitrogens with zero attached hydrogens (tertiary/aromatic N) is 5. The Kier molecular flexibility index (Phi) is 3.40. The molecular weight excluding hydrogens is 348 g/mol. The molecule has 3 heterocycles. The second-order valence-corrected chi connectivity index (χ2v) is 6.93. The van der Waals surface area contributed by atoms with Crippen molar-refractivity contribution in [1.82, 2.24) is 19.6 Å². The summed E-state index contributed by atoms with van der Waals surface area (Å²) in [5, 5.41) is 8.40. The fourth-order valence-corrected chi connectivity index (χ4v) is 4.03. The first kappa shape index (κ1) is 16.1. The predicted molar refractivity (Wildman–Crippen MR) is 99.4 cm³/mol. The minimum absolute atomic E-state index is 0.279. The molecule has 0 N–H and O–H groups in total. The Balaban J connectivity index is 1.88. The molecule has 0 radical (unpaired) electrons. The lowest BCUT2D eigenvalue weighted by molar-refractivity contribution is 0.591. The Hall–Kier alpha value is -3.09. The molecule has 2 aromatic heterocycles. The quantitative estimate of drug-likeness (QED) is 0.506. The highest BCUT2D eigenvalue weighted by Gasteiger charge is 2.25. The molecule has 0 bridgehead atoms. The number of hydrogen-bond donors (Lipinski definition) is 0. The number of benzene rings is 2. The minimum Gasteiger partial charge on any atom is -0.325 e. The van der Waals surface area contributed by atoms with Gasteiger partial charge in [0.2, 0.25) is 0 Å². The molecule has 0 saturated heterocycles. The van der Waals surface area contributed by atoms with Crippen LogP contribution in [0.2, 0.25) is 0 Å². The largest absolute Gasteiger partial charge is 0.325 e. The summed E-state index contributed by atoms with van der Waals surface area (Å²) in [6, 6.07) is 8.31. The van der Waals surface area contributed by atoms with Crippen LogP contribution in [0.25, 0.3) is 16.7 Å². The van der Waals surface area contributed by atoms with Gasteiger partial charge in [-0.2, -0.15) is 4.98 Å². The van der Waals surface area contributed by atoms with Gasteiger partial charge in [0.25, 0.3) is 5.78 Å². The predicted octanol–water partition coefficient (Wildman–Crippen LogP) is 4.26. The summed E-state index contributed by atoms with van der Waals surface area (Å²) in [5.41, 5.74) is 3.83. The maximum Gasteiger partial charge on any atom is 0.257 e. The zero-order valence-corrected chi connectivity index (χ0v) is 15.0. The van der Waals surface area contributed by atoms with E-state index in [9.17, 15) is 8.78 Å². The molecule has 0 spiro atoms. The van der Waals surface area contributed by atoms with Crippen LogP contribution >= 0.6 is 0 Å². The molecular formula is C20H17F2N5. The molecule has 27 heavy (non-hydrogen) atoms. The van der Waals surface area contributed by atoms with E-state index in [1.807, 2.05) is 17.0 Å². The van der Waals surface area contributed by atoms with Crippen molar-refractivity contribution in [3.8, 4) is 0 Å². The van der Waals surface area contributed by atoms with Gasteiger partial charge in [-0.05, 0) is 49.9 Å². The van der Waals surface area contributed by atoms with Gasteiger partial charge in [-0.15, -0.1) is 10.2 Å². The Labute approximate surface area is 154 Å². The summed E-state index contributed by atoms with van der Waals surface area (Å²) in [7, 11) is 0. The SMILES string of the molecule is Cc1cccc2c1CCCN2c1nc2nnc(C)n2c2cc(F)cc(F)c12. The summed E-state index contributed by atoms with van der Waals surface area (Å²) in [6.07, 6.45) is 1.90. The monoisotopic (exact) mass is 365 g/mol. The lowest BCUT2D eigenvalue weighted by Gasteiger charge is -2.32. The van der Waals surface area contributed by atoms with Gasteiger partial charge in [0.1, 0.15) is 23.3 Å². The fraction of sp³-hybridized carbons (Fsp3) is 0.250. The number of hydrogen-bond acceptors (Lipinski definition) is 4. The summed E-state index contributed by atoms with van der Waals surface area (Å²) < 4.78 is 30.5. The molecule has 0 saturated carbocycles. The maximum atomic E-state index is 14.9. The summed E-state index contributed by atoms with van der Waals surface area (Å²) >= 11 is 0. The van der Waals surface area contributed by atoms with Crippen molar-refractivity contribution in [3.05, 3.63) is 58.9 Å². The first-order valence-electron chi connectivity index (χ1n) is 8.91. The molecule has 1 aliphatic heterocycles. The molecule has 5 nitrogen and oxygen atoms in total. The molecule has 4 aromatic rings. The van der Waals surface area contributed by atoms with Crippen molar-refractivity contribution >= 4 is 28.2 Å². The molecule has 5 rings (SSSR count). The number of aromatic nitrogens is 4. The molecule has 2 aromatic carbocycles. The number of aryl methyl sites for hydroxylation is 2. The highest BCUT2D eigenvalue weighted by molar-refractivity contribution is 5.94. The third-order valence-corrected chi connectivity index (χ3v) is 5.25. The van der Waals surface area contributed by atoms with Gasteiger partial charge in [-0.1, -0.05) is 12.1 Å². The van der Waals surface area contributed by atoms with Gasteiger partial charge in [-0.3, -0.25) is 4.40 Å². The minimum atomic E-state index is -0.638. The Morgan fingerprint density at radius 2 is 1.93 bits per heavy atom. The Morgan fingerprint density at radius 3 is 2.78 bits per heavy atom. The van der Waals surface area contributed by atoms with E-state index in [1.165, 1.54) is 17.2 Å². The van der Waals surface area contributed by atoms with Crippen LogP contribution in [0.3, 0.4) is 0 Å². The number of halogens is 2. The summed E-state index contributed by atoms with van der Waals surface area (Å²) in [6.45, 7) is 4.52. The van der Waals surface area contributed by atoms with Crippen LogP contribution in [0.5, 0.6) is 0 Å². The summed E-state index contributed by atoms with van der Waals surface area (Å²) in [4.78, 5) is 6.63. The highest BCUT2D eigenvalue weighted by atomic mass is 19.1. The van der Waals surface area contributed by atoms with Gasteiger partial charge < -0.3 is 4.90 Å². The zero-order valence-electron chi connectivity index (χ0n) is 15.0. The van der Waals surface area contributed by atoms with Crippen LogP contribution in [0.1, 0.15) is 23.4 Å². The van der Waals surface area contributed by atoms with E-state index >= 15 is 0 Å². The molecule has 136 valence electrons.